The molecular formula is C14H12BrNOS. The lowest BCUT2D eigenvalue weighted by Crippen LogP contribution is -2.08. The third kappa shape index (κ3) is 2.04. The molecule has 3 rings (SSSR count). The molecule has 0 N–H and O–H groups in total. The first kappa shape index (κ1) is 12.1. The largest absolute Gasteiger partial charge is 0.292 e. The molecule has 1 aliphatic rings. The van der Waals surface area contributed by atoms with Gasteiger partial charge in [-0.05, 0) is 31.4 Å². The van der Waals surface area contributed by atoms with E-state index in [0.717, 1.165) is 32.8 Å². The molecule has 0 amide bonds. The summed E-state index contributed by atoms with van der Waals surface area (Å²) in [7, 11) is 0. The van der Waals surface area contributed by atoms with Gasteiger partial charge in [0.15, 0.2) is 5.78 Å². The van der Waals surface area contributed by atoms with E-state index in [1.54, 1.807) is 11.3 Å². The average molecular weight is 322 g/mol. The predicted octanol–water partition coefficient (Wildman–Crippen LogP) is 4.40. The molecule has 0 unspecified atom stereocenters. The Labute approximate surface area is 118 Å². The van der Waals surface area contributed by atoms with E-state index < -0.39 is 0 Å². The molecule has 0 radical (unpaired) electrons. The molecule has 18 heavy (non-hydrogen) atoms. The molecule has 0 aliphatic heterocycles. The van der Waals surface area contributed by atoms with Gasteiger partial charge in [0.05, 0.1) is 0 Å². The Morgan fingerprint density at radius 2 is 2.17 bits per heavy atom. The number of aryl methyl sites for hydroxylation is 2. The van der Waals surface area contributed by atoms with Crippen LogP contribution in [0.1, 0.15) is 33.8 Å². The van der Waals surface area contributed by atoms with Gasteiger partial charge in [0.2, 0.25) is 0 Å². The zero-order valence-corrected chi connectivity index (χ0v) is 12.4. The standard InChI is InChI=1S/C14H12BrNOS/c1-8-5-6-9(7-10(8)15)14-16-13-11(17)3-2-4-12(13)18-14/h5-7H,2-4H2,1H3. The minimum Gasteiger partial charge on any atom is -0.292 e. The minimum absolute atomic E-state index is 0.199. The number of aromatic nitrogens is 1. The highest BCUT2D eigenvalue weighted by Gasteiger charge is 2.22. The second-order valence-electron chi connectivity index (χ2n) is 4.53. The van der Waals surface area contributed by atoms with Crippen molar-refractivity contribution in [3.63, 3.8) is 0 Å². The molecule has 0 bridgehead atoms. The third-order valence-electron chi connectivity index (χ3n) is 3.19. The topological polar surface area (TPSA) is 30.0 Å². The van der Waals surface area contributed by atoms with Gasteiger partial charge in [-0.2, -0.15) is 0 Å². The second-order valence-corrected chi connectivity index (χ2v) is 6.47. The van der Waals surface area contributed by atoms with Gasteiger partial charge < -0.3 is 0 Å². The molecule has 1 aromatic carbocycles. The van der Waals surface area contributed by atoms with Gasteiger partial charge in [-0.3, -0.25) is 4.79 Å². The second kappa shape index (κ2) is 4.59. The Hall–Kier alpha value is -1.00. The maximum Gasteiger partial charge on any atom is 0.182 e. The fourth-order valence-electron chi connectivity index (χ4n) is 2.12. The van der Waals surface area contributed by atoms with E-state index in [-0.39, 0.29) is 5.78 Å². The fraction of sp³-hybridized carbons (Fsp3) is 0.286. The van der Waals surface area contributed by atoms with E-state index in [2.05, 4.69) is 46.0 Å². The van der Waals surface area contributed by atoms with Crippen molar-refractivity contribution in [1.29, 1.82) is 0 Å². The summed E-state index contributed by atoms with van der Waals surface area (Å²) < 4.78 is 1.08. The van der Waals surface area contributed by atoms with Gasteiger partial charge >= 0.3 is 0 Å². The first-order valence-corrected chi connectivity index (χ1v) is 7.55. The summed E-state index contributed by atoms with van der Waals surface area (Å²) in [5.74, 6) is 0.199. The summed E-state index contributed by atoms with van der Waals surface area (Å²) in [6, 6.07) is 6.21. The Morgan fingerprint density at radius 3 is 2.89 bits per heavy atom. The molecule has 1 aromatic heterocycles. The molecule has 0 saturated carbocycles. The number of rotatable bonds is 1. The highest BCUT2D eigenvalue weighted by atomic mass is 79.9. The molecule has 0 saturated heterocycles. The van der Waals surface area contributed by atoms with Crippen LogP contribution in [0.15, 0.2) is 22.7 Å². The molecule has 4 heteroatoms. The summed E-state index contributed by atoms with van der Waals surface area (Å²) in [4.78, 5) is 17.5. The molecule has 1 aliphatic carbocycles. The number of carbonyl (C=O) groups is 1. The van der Waals surface area contributed by atoms with Crippen molar-refractivity contribution in [2.24, 2.45) is 0 Å². The summed E-state index contributed by atoms with van der Waals surface area (Å²) in [5, 5.41) is 0.955. The quantitative estimate of drug-likeness (QED) is 0.779. The molecule has 1 heterocycles. The predicted molar refractivity (Wildman–Crippen MR) is 77.3 cm³/mol. The van der Waals surface area contributed by atoms with Crippen LogP contribution in [0, 0.1) is 6.92 Å². The van der Waals surface area contributed by atoms with Crippen molar-refractivity contribution < 1.29 is 4.79 Å². The van der Waals surface area contributed by atoms with Crippen LogP contribution in [0.2, 0.25) is 0 Å². The number of thiazole rings is 1. The van der Waals surface area contributed by atoms with Gasteiger partial charge in [0.1, 0.15) is 10.7 Å². The summed E-state index contributed by atoms with van der Waals surface area (Å²) in [5.41, 5.74) is 2.99. The number of nitrogens with zero attached hydrogens (tertiary/aromatic N) is 1. The zero-order chi connectivity index (χ0) is 12.7. The van der Waals surface area contributed by atoms with E-state index in [1.165, 1.54) is 5.56 Å². The Bertz CT molecular complexity index is 633. The first-order valence-electron chi connectivity index (χ1n) is 5.94. The van der Waals surface area contributed by atoms with Crippen molar-refractivity contribution in [3.05, 3.63) is 38.8 Å². The van der Waals surface area contributed by atoms with Crippen LogP contribution < -0.4 is 0 Å². The van der Waals surface area contributed by atoms with Crippen molar-refractivity contribution in [1.82, 2.24) is 4.98 Å². The zero-order valence-electron chi connectivity index (χ0n) is 10.00. The van der Waals surface area contributed by atoms with Crippen LogP contribution in [0.3, 0.4) is 0 Å². The van der Waals surface area contributed by atoms with Crippen molar-refractivity contribution in [2.45, 2.75) is 26.2 Å². The average Bonchev–Trinajstić information content (AvgIpc) is 2.78. The lowest BCUT2D eigenvalue weighted by molar-refractivity contribution is 0.0968. The third-order valence-corrected chi connectivity index (χ3v) is 5.21. The number of halogens is 1. The van der Waals surface area contributed by atoms with Crippen molar-refractivity contribution in [2.75, 3.05) is 0 Å². The summed E-state index contributed by atoms with van der Waals surface area (Å²) >= 11 is 5.19. The van der Waals surface area contributed by atoms with E-state index in [4.69, 9.17) is 0 Å². The van der Waals surface area contributed by atoms with Crippen LogP contribution in [0.25, 0.3) is 10.6 Å². The van der Waals surface area contributed by atoms with E-state index in [9.17, 15) is 4.79 Å². The van der Waals surface area contributed by atoms with Gasteiger partial charge in [0.25, 0.3) is 0 Å². The van der Waals surface area contributed by atoms with Gasteiger partial charge in [0, 0.05) is 21.3 Å². The molecule has 0 spiro atoms. The molecule has 0 atom stereocenters. The van der Waals surface area contributed by atoms with Gasteiger partial charge in [-0.25, -0.2) is 4.98 Å². The maximum absolute atomic E-state index is 11.8. The number of hydrogen-bond donors (Lipinski definition) is 0. The summed E-state index contributed by atoms with van der Waals surface area (Å²) in [6.45, 7) is 2.06. The lowest BCUT2D eigenvalue weighted by atomic mass is 10.0. The molecule has 0 fully saturated rings. The van der Waals surface area contributed by atoms with E-state index >= 15 is 0 Å². The lowest BCUT2D eigenvalue weighted by Gasteiger charge is -2.06. The van der Waals surface area contributed by atoms with Crippen LogP contribution >= 0.6 is 27.3 Å². The van der Waals surface area contributed by atoms with Crippen LogP contribution in [0.5, 0.6) is 0 Å². The Morgan fingerprint density at radius 1 is 1.33 bits per heavy atom. The monoisotopic (exact) mass is 321 g/mol. The molecule has 2 nitrogen and oxygen atoms in total. The van der Waals surface area contributed by atoms with Crippen molar-refractivity contribution >= 4 is 33.0 Å². The Kier molecular flexibility index (Phi) is 3.08. The smallest absolute Gasteiger partial charge is 0.182 e. The highest BCUT2D eigenvalue weighted by molar-refractivity contribution is 9.10. The van der Waals surface area contributed by atoms with Gasteiger partial charge in [-0.1, -0.05) is 28.1 Å². The van der Waals surface area contributed by atoms with Crippen LogP contribution in [-0.4, -0.2) is 10.8 Å². The Balaban J connectivity index is 2.07. The number of hydrogen-bond acceptors (Lipinski definition) is 3. The van der Waals surface area contributed by atoms with Gasteiger partial charge in [-0.15, -0.1) is 11.3 Å². The number of carbonyl (C=O) groups excluding carboxylic acids is 1. The number of ketones is 1. The number of benzene rings is 1. The SMILES string of the molecule is Cc1ccc(-c2nc3c(s2)CCCC3=O)cc1Br. The fourth-order valence-corrected chi connectivity index (χ4v) is 3.61. The summed E-state index contributed by atoms with van der Waals surface area (Å²) in [6.07, 6.45) is 2.60. The molecular weight excluding hydrogens is 310 g/mol. The van der Waals surface area contributed by atoms with Crippen molar-refractivity contribution in [3.8, 4) is 10.6 Å². The van der Waals surface area contributed by atoms with E-state index in [1.807, 2.05) is 0 Å². The van der Waals surface area contributed by atoms with Crippen LogP contribution in [-0.2, 0) is 6.42 Å². The van der Waals surface area contributed by atoms with Crippen LogP contribution in [0.4, 0.5) is 0 Å². The minimum atomic E-state index is 0.199. The highest BCUT2D eigenvalue weighted by Crippen LogP contribution is 2.34. The van der Waals surface area contributed by atoms with E-state index in [0.29, 0.717) is 12.1 Å². The maximum atomic E-state index is 11.8. The normalized spacial score (nSPS) is 14.7. The number of Topliss-reactive ketones (excluding diaryl/α,β-unsaturated/α-hetero) is 1. The molecule has 2 aromatic rings. The first-order chi connectivity index (χ1) is 8.65. The number of fused-ring (bicyclic) bond motifs is 1. The molecule has 92 valence electrons.